The molecule has 0 bridgehead atoms. The third kappa shape index (κ3) is 7.95. The van der Waals surface area contributed by atoms with Crippen LogP contribution in [-0.2, 0) is 26.2 Å². The van der Waals surface area contributed by atoms with Gasteiger partial charge in [0.15, 0.2) is 11.6 Å². The molecule has 0 unspecified atom stereocenters. The van der Waals surface area contributed by atoms with Gasteiger partial charge in [-0.15, -0.1) is 0 Å². The van der Waals surface area contributed by atoms with E-state index in [9.17, 15) is 14.4 Å². The first-order valence-corrected chi connectivity index (χ1v) is 19.9. The fourth-order valence-corrected chi connectivity index (χ4v) is 7.83. The van der Waals surface area contributed by atoms with Gasteiger partial charge in [-0.05, 0) is 74.6 Å². The molecule has 55 heavy (non-hydrogen) atoms. The number of carbonyl (C=O) groups excluding carboxylic acids is 3. The second kappa shape index (κ2) is 16.2. The summed E-state index contributed by atoms with van der Waals surface area (Å²) in [5.74, 6) is 4.60. The molecule has 14 heteroatoms. The molecule has 1 aliphatic carbocycles. The fraction of sp³-hybridized carbons (Fsp3) is 0.537. The Morgan fingerprint density at radius 1 is 0.964 bits per heavy atom. The number of unbranched alkanes of at least 4 members (excludes halogenated alkanes) is 1. The number of ether oxygens (including phenoxy) is 2. The average molecular weight is 752 g/mol. The van der Waals surface area contributed by atoms with Gasteiger partial charge in [-0.2, -0.15) is 10.2 Å². The first kappa shape index (κ1) is 38.0. The summed E-state index contributed by atoms with van der Waals surface area (Å²) in [7, 11) is 1.30. The molecule has 3 amide bonds. The van der Waals surface area contributed by atoms with Gasteiger partial charge < -0.3 is 25.0 Å². The number of alkyl carbamates (subject to hydrolysis) is 1. The number of likely N-dealkylation sites (tertiary alicyclic amines) is 1. The van der Waals surface area contributed by atoms with E-state index in [2.05, 4.69) is 63.1 Å². The zero-order valence-corrected chi connectivity index (χ0v) is 32.5. The van der Waals surface area contributed by atoms with E-state index >= 15 is 0 Å². The van der Waals surface area contributed by atoms with E-state index in [4.69, 9.17) is 19.4 Å². The Kier molecular flexibility index (Phi) is 11.2. The van der Waals surface area contributed by atoms with Crippen molar-refractivity contribution in [2.24, 2.45) is 11.8 Å². The molecule has 4 aromatic rings. The molecular weight excluding hydrogens is 699 g/mol. The van der Waals surface area contributed by atoms with Crippen LogP contribution in [0, 0.1) is 11.8 Å². The minimum atomic E-state index is -0.690. The predicted molar refractivity (Wildman–Crippen MR) is 206 cm³/mol. The Balaban J connectivity index is 1.01. The Labute approximate surface area is 322 Å². The summed E-state index contributed by atoms with van der Waals surface area (Å²) in [6, 6.07) is 11.4. The summed E-state index contributed by atoms with van der Waals surface area (Å²) in [4.78, 5) is 49.4. The van der Waals surface area contributed by atoms with Crippen molar-refractivity contribution in [2.75, 3.05) is 20.2 Å². The van der Waals surface area contributed by atoms with Crippen LogP contribution in [0.5, 0.6) is 11.5 Å². The maximum absolute atomic E-state index is 13.8. The van der Waals surface area contributed by atoms with Crippen molar-refractivity contribution in [3.8, 4) is 34.3 Å². The Morgan fingerprint density at radius 2 is 1.73 bits per heavy atom. The smallest absolute Gasteiger partial charge is 0.407 e. The van der Waals surface area contributed by atoms with E-state index in [1.807, 2.05) is 32.0 Å². The van der Waals surface area contributed by atoms with E-state index in [-0.39, 0.29) is 29.2 Å². The van der Waals surface area contributed by atoms with Crippen LogP contribution >= 0.6 is 0 Å². The Bertz CT molecular complexity index is 2020. The summed E-state index contributed by atoms with van der Waals surface area (Å²) in [5.41, 5.74) is 3.89. The zero-order valence-electron chi connectivity index (χ0n) is 32.5. The van der Waals surface area contributed by atoms with Gasteiger partial charge in [-0.1, -0.05) is 52.7 Å². The molecule has 1 spiro atoms. The molecule has 14 nitrogen and oxygen atoms in total. The van der Waals surface area contributed by atoms with Crippen LogP contribution in [0.25, 0.3) is 22.8 Å². The number of H-pyrrole nitrogens is 2. The molecule has 1 saturated carbocycles. The maximum atomic E-state index is 13.8. The standard InChI is InChI=1S/C41H53N9O5/c1-6-24(3)21-34(51)42-19-9-8-12-33-43-36(47-46-33)27-13-15-28-32(23-27)55-31-16-14-26(22-29(31)41(28)17-18-41)37-45-38(49-48-37)30-11-10-20-50(30)39(52)35(25(4)7-2)44-40(53)54-5/h13-16,22-25,30,35H,6-12,17-21H2,1-5H3,(H,42,51)(H,44,53)(H,43,46,47)(H,45,48,49)/t24-,25-,30-,35-/m0/s1. The van der Waals surface area contributed by atoms with E-state index in [0.29, 0.717) is 42.9 Å². The van der Waals surface area contributed by atoms with Gasteiger partial charge in [0.1, 0.15) is 29.2 Å². The highest BCUT2D eigenvalue weighted by molar-refractivity contribution is 5.86. The molecule has 2 aromatic carbocycles. The lowest BCUT2D eigenvalue weighted by molar-refractivity contribution is -0.135. The number of carbonyl (C=O) groups is 3. The first-order valence-electron chi connectivity index (χ1n) is 19.9. The number of aryl methyl sites for hydroxylation is 1. The number of aromatic nitrogens is 6. The van der Waals surface area contributed by atoms with Gasteiger partial charge in [0.2, 0.25) is 11.8 Å². The minimum Gasteiger partial charge on any atom is -0.457 e. The fourth-order valence-electron chi connectivity index (χ4n) is 7.83. The molecule has 2 aromatic heterocycles. The van der Waals surface area contributed by atoms with Crippen LogP contribution in [0.1, 0.15) is 114 Å². The van der Waals surface area contributed by atoms with Crippen LogP contribution in [-0.4, -0.2) is 79.4 Å². The SMILES string of the molecule is CC[C@H](C)CC(=O)NCCCCc1nc(-c2ccc3c(c2)Oc2ccc(-c4n[nH]c([C@@H]5CCCN5C(=O)[C@@H](NC(=O)OC)[C@@H](C)CC)n4)cc2C32CC2)n[nH]1. The topological polar surface area (TPSA) is 180 Å². The van der Waals surface area contributed by atoms with Gasteiger partial charge in [0.05, 0.1) is 13.2 Å². The number of nitrogens with one attached hydrogen (secondary N) is 4. The number of benzene rings is 2. The number of nitrogens with zero attached hydrogens (tertiary/aromatic N) is 5. The normalized spacial score (nSPS) is 18.1. The zero-order chi connectivity index (χ0) is 38.7. The van der Waals surface area contributed by atoms with Crippen molar-refractivity contribution < 1.29 is 23.9 Å². The number of fused-ring (bicyclic) bond motifs is 4. The first-order chi connectivity index (χ1) is 26.6. The molecule has 292 valence electrons. The second-order valence-corrected chi connectivity index (χ2v) is 15.5. The largest absolute Gasteiger partial charge is 0.457 e. The lowest BCUT2D eigenvalue weighted by Crippen LogP contribution is -2.51. The summed E-state index contributed by atoms with van der Waals surface area (Å²) in [6.07, 6.45) is 7.83. The molecule has 3 aliphatic rings. The molecule has 4 N–H and O–H groups in total. The summed E-state index contributed by atoms with van der Waals surface area (Å²) >= 11 is 0. The Hall–Kier alpha value is -5.27. The molecule has 4 heterocycles. The molecule has 7 rings (SSSR count). The van der Waals surface area contributed by atoms with E-state index < -0.39 is 12.1 Å². The van der Waals surface area contributed by atoms with Crippen molar-refractivity contribution in [3.63, 3.8) is 0 Å². The van der Waals surface area contributed by atoms with Gasteiger partial charge in [0.25, 0.3) is 0 Å². The molecule has 1 saturated heterocycles. The van der Waals surface area contributed by atoms with Crippen LogP contribution in [0.2, 0.25) is 0 Å². The van der Waals surface area contributed by atoms with Crippen LogP contribution in [0.4, 0.5) is 4.79 Å². The minimum absolute atomic E-state index is 0.0652. The highest BCUT2D eigenvalue weighted by Gasteiger charge is 2.52. The lowest BCUT2D eigenvalue weighted by atomic mass is 9.83. The number of aromatic amines is 2. The van der Waals surface area contributed by atoms with E-state index in [1.54, 1.807) is 4.90 Å². The highest BCUT2D eigenvalue weighted by atomic mass is 16.5. The summed E-state index contributed by atoms with van der Waals surface area (Å²) in [6.45, 7) is 9.40. The van der Waals surface area contributed by atoms with Crippen molar-refractivity contribution >= 4 is 17.9 Å². The van der Waals surface area contributed by atoms with Crippen molar-refractivity contribution in [2.45, 2.75) is 109 Å². The molecule has 2 fully saturated rings. The Morgan fingerprint density at radius 3 is 2.49 bits per heavy atom. The van der Waals surface area contributed by atoms with Gasteiger partial charge in [-0.25, -0.2) is 14.8 Å². The molecular formula is C41H53N9O5. The van der Waals surface area contributed by atoms with Crippen molar-refractivity contribution in [1.29, 1.82) is 0 Å². The summed E-state index contributed by atoms with van der Waals surface area (Å²) < 4.78 is 11.3. The number of hydrogen-bond acceptors (Lipinski definition) is 9. The molecule has 2 aliphatic heterocycles. The average Bonchev–Trinajstić information content (AvgIpc) is 3.55. The highest BCUT2D eigenvalue weighted by Crippen LogP contribution is 2.62. The quantitative estimate of drug-likeness (QED) is 0.0956. The van der Waals surface area contributed by atoms with Crippen molar-refractivity contribution in [3.05, 3.63) is 59.2 Å². The third-order valence-corrected chi connectivity index (χ3v) is 11.7. The summed E-state index contributed by atoms with van der Waals surface area (Å²) in [5, 5.41) is 21.1. The van der Waals surface area contributed by atoms with Gasteiger partial charge in [0, 0.05) is 53.6 Å². The number of amides is 3. The van der Waals surface area contributed by atoms with E-state index in [0.717, 1.165) is 97.4 Å². The van der Waals surface area contributed by atoms with E-state index in [1.165, 1.54) is 7.11 Å². The van der Waals surface area contributed by atoms with Crippen molar-refractivity contribution in [1.82, 2.24) is 45.9 Å². The molecule has 4 atom stereocenters. The number of hydrogen-bond donors (Lipinski definition) is 4. The second-order valence-electron chi connectivity index (χ2n) is 15.5. The van der Waals surface area contributed by atoms with Gasteiger partial charge in [-0.3, -0.25) is 19.8 Å². The van der Waals surface area contributed by atoms with Crippen LogP contribution in [0.15, 0.2) is 36.4 Å². The number of methoxy groups -OCH3 is 1. The predicted octanol–water partition coefficient (Wildman–Crippen LogP) is 6.75. The van der Waals surface area contributed by atoms with Crippen LogP contribution < -0.4 is 15.4 Å². The lowest BCUT2D eigenvalue weighted by Gasteiger charge is -2.30. The van der Waals surface area contributed by atoms with Gasteiger partial charge >= 0.3 is 6.09 Å². The molecule has 0 radical (unpaired) electrons. The maximum Gasteiger partial charge on any atom is 0.407 e. The number of rotatable bonds is 15. The monoisotopic (exact) mass is 751 g/mol. The third-order valence-electron chi connectivity index (χ3n) is 11.7. The van der Waals surface area contributed by atoms with Crippen LogP contribution in [0.3, 0.4) is 0 Å².